The molecule has 0 aliphatic carbocycles. The molecule has 0 radical (unpaired) electrons. The fraction of sp³-hybridized carbons (Fsp3) is 0.240. The first kappa shape index (κ1) is 21.4. The number of nitrogens with one attached hydrogen (secondary N) is 2. The highest BCUT2D eigenvalue weighted by Crippen LogP contribution is 2.12. The van der Waals surface area contributed by atoms with Gasteiger partial charge in [-0.15, -0.1) is 0 Å². The van der Waals surface area contributed by atoms with Gasteiger partial charge in [-0.05, 0) is 34.4 Å². The lowest BCUT2D eigenvalue weighted by molar-refractivity contribution is 0.106. The molecule has 0 aliphatic heterocycles. The minimum atomic E-state index is 0.574. The van der Waals surface area contributed by atoms with Crippen molar-refractivity contribution in [1.82, 2.24) is 10.6 Å². The van der Waals surface area contributed by atoms with Gasteiger partial charge >= 0.3 is 0 Å². The normalized spacial score (nSPS) is 11.2. The highest BCUT2D eigenvalue weighted by atomic mass is 16.5. The van der Waals surface area contributed by atoms with E-state index >= 15 is 0 Å². The van der Waals surface area contributed by atoms with Crippen molar-refractivity contribution in [3.63, 3.8) is 0 Å². The lowest BCUT2D eigenvalue weighted by Gasteiger charge is -2.15. The Morgan fingerprint density at radius 2 is 1.40 bits per heavy atom. The van der Waals surface area contributed by atoms with E-state index in [-0.39, 0.29) is 0 Å². The Morgan fingerprint density at radius 3 is 2.10 bits per heavy atom. The minimum absolute atomic E-state index is 0.574. The molecule has 0 spiro atoms. The standard InChI is InChI=1S/C25H29N3O2/c1-26-25(27-16-20-12-14-24(29-2)15-13-20)28-17-22-10-6-7-11-23(22)19-30-18-21-8-4-3-5-9-21/h3-15H,16-19H2,1-2H3,(H2,26,27,28). The molecule has 0 atom stereocenters. The van der Waals surface area contributed by atoms with Crippen LogP contribution in [-0.4, -0.2) is 20.1 Å². The maximum atomic E-state index is 5.92. The van der Waals surface area contributed by atoms with Gasteiger partial charge in [-0.3, -0.25) is 4.99 Å². The number of hydrogen-bond acceptors (Lipinski definition) is 3. The SMILES string of the molecule is CN=C(NCc1ccc(OC)cc1)NCc1ccccc1COCc1ccccc1. The number of guanidine groups is 1. The molecule has 0 amide bonds. The summed E-state index contributed by atoms with van der Waals surface area (Å²) in [5.74, 6) is 1.61. The first-order valence-electron chi connectivity index (χ1n) is 10.0. The molecule has 0 bridgehead atoms. The minimum Gasteiger partial charge on any atom is -0.497 e. The summed E-state index contributed by atoms with van der Waals surface area (Å²) in [7, 11) is 3.45. The molecule has 0 unspecified atom stereocenters. The molecule has 0 fully saturated rings. The van der Waals surface area contributed by atoms with Crippen molar-refractivity contribution in [2.45, 2.75) is 26.3 Å². The molecule has 156 valence electrons. The zero-order chi connectivity index (χ0) is 21.0. The van der Waals surface area contributed by atoms with E-state index in [9.17, 15) is 0 Å². The van der Waals surface area contributed by atoms with Crippen molar-refractivity contribution >= 4 is 5.96 Å². The third kappa shape index (κ3) is 6.64. The fourth-order valence-corrected chi connectivity index (χ4v) is 3.05. The van der Waals surface area contributed by atoms with Crippen LogP contribution in [0.3, 0.4) is 0 Å². The largest absolute Gasteiger partial charge is 0.497 e. The van der Waals surface area contributed by atoms with Crippen LogP contribution >= 0.6 is 0 Å². The molecular weight excluding hydrogens is 374 g/mol. The number of hydrogen-bond donors (Lipinski definition) is 2. The lowest BCUT2D eigenvalue weighted by atomic mass is 10.1. The van der Waals surface area contributed by atoms with Crippen LogP contribution in [0.25, 0.3) is 0 Å². The maximum Gasteiger partial charge on any atom is 0.191 e. The Morgan fingerprint density at radius 1 is 0.733 bits per heavy atom. The fourth-order valence-electron chi connectivity index (χ4n) is 3.05. The van der Waals surface area contributed by atoms with Crippen molar-refractivity contribution < 1.29 is 9.47 Å². The van der Waals surface area contributed by atoms with E-state index in [1.807, 2.05) is 54.6 Å². The van der Waals surface area contributed by atoms with Crippen LogP contribution in [0.15, 0.2) is 83.9 Å². The molecule has 3 aromatic rings. The molecule has 0 saturated carbocycles. The molecule has 3 rings (SSSR count). The molecule has 0 aromatic heterocycles. The van der Waals surface area contributed by atoms with Crippen LogP contribution in [0.4, 0.5) is 0 Å². The Hall–Kier alpha value is -3.31. The second-order valence-corrected chi connectivity index (χ2v) is 6.87. The summed E-state index contributed by atoms with van der Waals surface area (Å²) < 4.78 is 11.1. The van der Waals surface area contributed by atoms with E-state index in [1.165, 1.54) is 16.7 Å². The molecule has 30 heavy (non-hydrogen) atoms. The highest BCUT2D eigenvalue weighted by Gasteiger charge is 2.05. The first-order valence-corrected chi connectivity index (χ1v) is 10.0. The average Bonchev–Trinajstić information content (AvgIpc) is 2.81. The molecular formula is C25H29N3O2. The van der Waals surface area contributed by atoms with Crippen molar-refractivity contribution in [2.24, 2.45) is 4.99 Å². The Kier molecular flexibility index (Phi) is 8.30. The topological polar surface area (TPSA) is 54.9 Å². The molecule has 0 saturated heterocycles. The summed E-state index contributed by atoms with van der Waals surface area (Å²) >= 11 is 0. The third-order valence-corrected chi connectivity index (χ3v) is 4.78. The number of ether oxygens (including phenoxy) is 2. The van der Waals surface area contributed by atoms with Gasteiger partial charge in [-0.25, -0.2) is 0 Å². The van der Waals surface area contributed by atoms with Gasteiger partial charge in [0.25, 0.3) is 0 Å². The van der Waals surface area contributed by atoms with Gasteiger partial charge in [-0.2, -0.15) is 0 Å². The maximum absolute atomic E-state index is 5.92. The van der Waals surface area contributed by atoms with Crippen LogP contribution in [0.2, 0.25) is 0 Å². The molecule has 0 aliphatic rings. The van der Waals surface area contributed by atoms with Crippen LogP contribution in [0.1, 0.15) is 22.3 Å². The van der Waals surface area contributed by atoms with Crippen LogP contribution < -0.4 is 15.4 Å². The van der Waals surface area contributed by atoms with E-state index in [0.29, 0.717) is 26.3 Å². The van der Waals surface area contributed by atoms with Crippen LogP contribution in [-0.2, 0) is 31.0 Å². The van der Waals surface area contributed by atoms with E-state index in [2.05, 4.69) is 39.9 Å². The second kappa shape index (κ2) is 11.6. The average molecular weight is 404 g/mol. The quantitative estimate of drug-likeness (QED) is 0.414. The molecule has 0 heterocycles. The first-order chi connectivity index (χ1) is 14.8. The van der Waals surface area contributed by atoms with E-state index in [4.69, 9.17) is 9.47 Å². The van der Waals surface area contributed by atoms with Gasteiger partial charge in [-0.1, -0.05) is 66.7 Å². The van der Waals surface area contributed by atoms with Gasteiger partial charge in [0.05, 0.1) is 20.3 Å². The van der Waals surface area contributed by atoms with Crippen LogP contribution in [0.5, 0.6) is 5.75 Å². The van der Waals surface area contributed by atoms with Crippen molar-refractivity contribution in [1.29, 1.82) is 0 Å². The summed E-state index contributed by atoms with van der Waals surface area (Å²) in [4.78, 5) is 4.32. The number of nitrogens with zero attached hydrogens (tertiary/aromatic N) is 1. The predicted molar refractivity (Wildman–Crippen MR) is 121 cm³/mol. The number of benzene rings is 3. The second-order valence-electron chi connectivity index (χ2n) is 6.87. The molecule has 3 aromatic carbocycles. The monoisotopic (exact) mass is 403 g/mol. The summed E-state index contributed by atoms with van der Waals surface area (Å²) in [6, 6.07) is 26.5. The number of aliphatic imine (C=N–C) groups is 1. The van der Waals surface area contributed by atoms with Gasteiger partial charge in [0, 0.05) is 20.1 Å². The number of methoxy groups -OCH3 is 1. The molecule has 5 nitrogen and oxygen atoms in total. The predicted octanol–water partition coefficient (Wildman–Crippen LogP) is 4.28. The van der Waals surface area contributed by atoms with Crippen molar-refractivity contribution in [2.75, 3.05) is 14.2 Å². The number of rotatable bonds is 9. The van der Waals surface area contributed by atoms with E-state index < -0.39 is 0 Å². The highest BCUT2D eigenvalue weighted by molar-refractivity contribution is 5.79. The zero-order valence-electron chi connectivity index (χ0n) is 17.6. The van der Waals surface area contributed by atoms with Gasteiger partial charge in [0.1, 0.15) is 5.75 Å². The Balaban J connectivity index is 1.49. The zero-order valence-corrected chi connectivity index (χ0v) is 17.6. The lowest BCUT2D eigenvalue weighted by Crippen LogP contribution is -2.36. The molecule has 2 N–H and O–H groups in total. The summed E-state index contributed by atoms with van der Waals surface area (Å²) in [5.41, 5.74) is 4.70. The Bertz CT molecular complexity index is 925. The molecule has 5 heteroatoms. The van der Waals surface area contributed by atoms with Crippen molar-refractivity contribution in [3.8, 4) is 5.75 Å². The van der Waals surface area contributed by atoms with Gasteiger partial charge < -0.3 is 20.1 Å². The van der Waals surface area contributed by atoms with Gasteiger partial charge in [0.15, 0.2) is 5.96 Å². The third-order valence-electron chi connectivity index (χ3n) is 4.78. The Labute approximate surface area is 178 Å². The summed E-state index contributed by atoms with van der Waals surface area (Å²) in [6.07, 6.45) is 0. The summed E-state index contributed by atoms with van der Waals surface area (Å²) in [5, 5.41) is 6.73. The smallest absolute Gasteiger partial charge is 0.191 e. The van der Waals surface area contributed by atoms with E-state index in [1.54, 1.807) is 14.2 Å². The summed E-state index contributed by atoms with van der Waals surface area (Å²) in [6.45, 7) is 2.54. The van der Waals surface area contributed by atoms with E-state index in [0.717, 1.165) is 17.3 Å². The van der Waals surface area contributed by atoms with Crippen LogP contribution in [0, 0.1) is 0 Å². The van der Waals surface area contributed by atoms with Crippen molar-refractivity contribution in [3.05, 3.63) is 101 Å². The van der Waals surface area contributed by atoms with Gasteiger partial charge in [0.2, 0.25) is 0 Å².